The largest absolute Gasteiger partial charge is 0.480 e. The van der Waals surface area contributed by atoms with Gasteiger partial charge in [0, 0.05) is 22.8 Å². The molecule has 1 unspecified atom stereocenters. The lowest BCUT2D eigenvalue weighted by atomic mass is 9.95. The highest BCUT2D eigenvalue weighted by Crippen LogP contribution is 2.30. The second-order valence-electron chi connectivity index (χ2n) is 5.92. The highest BCUT2D eigenvalue weighted by atomic mass is 32.1. The minimum atomic E-state index is -0.799. The Kier molecular flexibility index (Phi) is 4.28. The zero-order valence-electron chi connectivity index (χ0n) is 11.7. The van der Waals surface area contributed by atoms with E-state index in [-0.39, 0.29) is 12.0 Å². The monoisotopic (exact) mass is 283 g/mol. The van der Waals surface area contributed by atoms with E-state index >= 15 is 0 Å². The molecule has 1 aromatic rings. The molecule has 0 spiro atoms. The Balaban J connectivity index is 2.07. The van der Waals surface area contributed by atoms with Crippen LogP contribution >= 0.6 is 11.3 Å². The van der Waals surface area contributed by atoms with Gasteiger partial charge in [-0.05, 0) is 17.5 Å². The first-order chi connectivity index (χ1) is 8.88. The van der Waals surface area contributed by atoms with Crippen LogP contribution in [0.15, 0.2) is 12.1 Å². The number of morpholine rings is 1. The van der Waals surface area contributed by atoms with Crippen molar-refractivity contribution < 1.29 is 14.6 Å². The fraction of sp³-hybridized carbons (Fsp3) is 0.643. The molecule has 1 N–H and O–H groups in total. The molecule has 19 heavy (non-hydrogen) atoms. The van der Waals surface area contributed by atoms with Crippen molar-refractivity contribution >= 4 is 17.3 Å². The van der Waals surface area contributed by atoms with Crippen LogP contribution in [0.25, 0.3) is 0 Å². The summed E-state index contributed by atoms with van der Waals surface area (Å²) < 4.78 is 5.25. The second kappa shape index (κ2) is 5.61. The molecule has 2 rings (SSSR count). The fourth-order valence-electron chi connectivity index (χ4n) is 2.12. The summed E-state index contributed by atoms with van der Waals surface area (Å²) in [6.07, 6.45) is 0. The first-order valence-corrected chi connectivity index (χ1v) is 7.33. The van der Waals surface area contributed by atoms with Gasteiger partial charge in [-0.3, -0.25) is 9.69 Å². The van der Waals surface area contributed by atoms with Crippen LogP contribution in [0.3, 0.4) is 0 Å². The van der Waals surface area contributed by atoms with Gasteiger partial charge in [0.05, 0.1) is 13.2 Å². The van der Waals surface area contributed by atoms with Crippen molar-refractivity contribution in [1.82, 2.24) is 4.90 Å². The van der Waals surface area contributed by atoms with Crippen LogP contribution in [0.1, 0.15) is 30.5 Å². The van der Waals surface area contributed by atoms with Gasteiger partial charge < -0.3 is 9.84 Å². The van der Waals surface area contributed by atoms with Gasteiger partial charge in [0.1, 0.15) is 6.04 Å². The lowest BCUT2D eigenvalue weighted by Crippen LogP contribution is -2.49. The number of aliphatic carboxylic acids is 1. The van der Waals surface area contributed by atoms with Crippen molar-refractivity contribution in [3.05, 3.63) is 21.9 Å². The summed E-state index contributed by atoms with van der Waals surface area (Å²) in [5.41, 5.74) is 0.153. The molecule has 1 aliphatic rings. The minimum Gasteiger partial charge on any atom is -0.480 e. The number of hydrogen-bond donors (Lipinski definition) is 1. The summed E-state index contributed by atoms with van der Waals surface area (Å²) >= 11 is 1.77. The number of rotatable bonds is 3. The third-order valence-corrected chi connectivity index (χ3v) is 4.78. The number of thiophene rings is 1. The second-order valence-corrected chi connectivity index (χ2v) is 7.08. The first-order valence-electron chi connectivity index (χ1n) is 6.52. The molecule has 0 aromatic carbocycles. The maximum absolute atomic E-state index is 11.2. The highest BCUT2D eigenvalue weighted by molar-refractivity contribution is 7.12. The summed E-state index contributed by atoms with van der Waals surface area (Å²) in [5, 5.41) is 9.20. The molecular formula is C14H21NO3S. The van der Waals surface area contributed by atoms with Crippen molar-refractivity contribution in [3.8, 4) is 0 Å². The Labute approximate surface area is 118 Å². The van der Waals surface area contributed by atoms with E-state index in [9.17, 15) is 9.90 Å². The summed E-state index contributed by atoms with van der Waals surface area (Å²) in [6, 6.07) is 3.74. The maximum Gasteiger partial charge on any atom is 0.323 e. The lowest BCUT2D eigenvalue weighted by molar-refractivity contribution is -0.150. The molecule has 1 saturated heterocycles. The SMILES string of the molecule is CC(C)(C)c1ccc(CN2CCOCC2C(=O)O)s1. The van der Waals surface area contributed by atoms with Crippen molar-refractivity contribution in [2.45, 2.75) is 38.8 Å². The van der Waals surface area contributed by atoms with Crippen molar-refractivity contribution in [2.24, 2.45) is 0 Å². The molecule has 1 aromatic heterocycles. The quantitative estimate of drug-likeness (QED) is 0.925. The van der Waals surface area contributed by atoms with E-state index in [1.807, 2.05) is 4.90 Å². The number of carbonyl (C=O) groups is 1. The van der Waals surface area contributed by atoms with Gasteiger partial charge in [-0.1, -0.05) is 20.8 Å². The average Bonchev–Trinajstić information content (AvgIpc) is 2.77. The molecule has 0 amide bonds. The molecule has 0 aliphatic carbocycles. The third kappa shape index (κ3) is 3.55. The van der Waals surface area contributed by atoms with Crippen LogP contribution in [0.4, 0.5) is 0 Å². The van der Waals surface area contributed by atoms with Crippen LogP contribution in [-0.4, -0.2) is 41.8 Å². The van der Waals surface area contributed by atoms with Crippen LogP contribution in [0, 0.1) is 0 Å². The molecule has 5 heteroatoms. The van der Waals surface area contributed by atoms with Crippen LogP contribution in [0.5, 0.6) is 0 Å². The van der Waals surface area contributed by atoms with Crippen LogP contribution in [-0.2, 0) is 21.5 Å². The van der Waals surface area contributed by atoms with E-state index < -0.39 is 12.0 Å². The Hall–Kier alpha value is -0.910. The van der Waals surface area contributed by atoms with Gasteiger partial charge >= 0.3 is 5.97 Å². The van der Waals surface area contributed by atoms with Gasteiger partial charge in [-0.15, -0.1) is 11.3 Å². The Morgan fingerprint density at radius 1 is 1.53 bits per heavy atom. The lowest BCUT2D eigenvalue weighted by Gasteiger charge is -2.32. The van der Waals surface area contributed by atoms with Crippen molar-refractivity contribution in [2.75, 3.05) is 19.8 Å². The smallest absolute Gasteiger partial charge is 0.323 e. The molecule has 1 atom stereocenters. The van der Waals surface area contributed by atoms with Crippen LogP contribution < -0.4 is 0 Å². The molecule has 1 aliphatic heterocycles. The zero-order chi connectivity index (χ0) is 14.0. The summed E-state index contributed by atoms with van der Waals surface area (Å²) in [7, 11) is 0. The average molecular weight is 283 g/mol. The highest BCUT2D eigenvalue weighted by Gasteiger charge is 2.29. The van der Waals surface area contributed by atoms with Crippen LogP contribution in [0.2, 0.25) is 0 Å². The summed E-state index contributed by atoms with van der Waals surface area (Å²) in [4.78, 5) is 15.7. The fourth-order valence-corrected chi connectivity index (χ4v) is 3.21. The van der Waals surface area contributed by atoms with E-state index in [0.29, 0.717) is 19.7 Å². The molecule has 0 radical (unpaired) electrons. The molecule has 0 saturated carbocycles. The summed E-state index contributed by atoms with van der Waals surface area (Å²) in [5.74, 6) is -0.799. The molecule has 0 bridgehead atoms. The standard InChI is InChI=1S/C14H21NO3S/c1-14(2,3)12-5-4-10(19-12)8-15-6-7-18-9-11(15)13(16)17/h4-5,11H,6-9H2,1-3H3,(H,16,17). The zero-order valence-corrected chi connectivity index (χ0v) is 12.5. The van der Waals surface area contributed by atoms with E-state index in [1.165, 1.54) is 9.75 Å². The molecular weight excluding hydrogens is 262 g/mol. The van der Waals surface area contributed by atoms with E-state index in [1.54, 1.807) is 11.3 Å². The first kappa shape index (κ1) is 14.5. The Morgan fingerprint density at radius 3 is 2.84 bits per heavy atom. The van der Waals surface area contributed by atoms with E-state index in [4.69, 9.17) is 4.74 Å². The maximum atomic E-state index is 11.2. The van der Waals surface area contributed by atoms with E-state index in [2.05, 4.69) is 32.9 Å². The number of carboxylic acid groups (broad SMARTS) is 1. The van der Waals surface area contributed by atoms with Gasteiger partial charge in [-0.2, -0.15) is 0 Å². The van der Waals surface area contributed by atoms with Gasteiger partial charge in [0.25, 0.3) is 0 Å². The normalized spacial score (nSPS) is 21.5. The number of hydrogen-bond acceptors (Lipinski definition) is 4. The van der Waals surface area contributed by atoms with Gasteiger partial charge in [-0.25, -0.2) is 0 Å². The van der Waals surface area contributed by atoms with E-state index in [0.717, 1.165) is 0 Å². The molecule has 4 nitrogen and oxygen atoms in total. The number of carboxylic acids is 1. The minimum absolute atomic E-state index is 0.153. The van der Waals surface area contributed by atoms with Crippen molar-refractivity contribution in [1.29, 1.82) is 0 Å². The molecule has 2 heterocycles. The number of nitrogens with zero attached hydrogens (tertiary/aromatic N) is 1. The number of ether oxygens (including phenoxy) is 1. The van der Waals surface area contributed by atoms with Crippen molar-refractivity contribution in [3.63, 3.8) is 0 Å². The Bertz CT molecular complexity index is 450. The van der Waals surface area contributed by atoms with Gasteiger partial charge in [0.2, 0.25) is 0 Å². The summed E-state index contributed by atoms with van der Waals surface area (Å²) in [6.45, 7) is 8.85. The molecule has 1 fully saturated rings. The third-order valence-electron chi connectivity index (χ3n) is 3.28. The predicted octanol–water partition coefficient (Wildman–Crippen LogP) is 2.33. The predicted molar refractivity (Wildman–Crippen MR) is 75.7 cm³/mol. The van der Waals surface area contributed by atoms with Gasteiger partial charge in [0.15, 0.2) is 0 Å². The molecule has 106 valence electrons. The topological polar surface area (TPSA) is 49.8 Å². The Morgan fingerprint density at radius 2 is 2.26 bits per heavy atom.